The van der Waals surface area contributed by atoms with Crippen molar-refractivity contribution in [1.29, 1.82) is 0 Å². The molecule has 3 rings (SSSR count). The monoisotopic (exact) mass is 566 g/mol. The van der Waals surface area contributed by atoms with E-state index in [1.807, 2.05) is 18.2 Å². The SMILES string of the molecule is CC(C)(C)c1cc(SSc2cc(C(C)(C)C)cc(C(C)(C)C)c2O)c(O)c(C(C)(C)C)c1.Cc1ccccc1. The van der Waals surface area contributed by atoms with E-state index in [4.69, 9.17) is 0 Å². The minimum atomic E-state index is -0.168. The van der Waals surface area contributed by atoms with Crippen LogP contribution in [0.2, 0.25) is 0 Å². The fraction of sp³-hybridized carbons (Fsp3) is 0.486. The maximum Gasteiger partial charge on any atom is 0.133 e. The first-order valence-electron chi connectivity index (χ1n) is 13.7. The van der Waals surface area contributed by atoms with Crippen molar-refractivity contribution in [3.8, 4) is 11.5 Å². The van der Waals surface area contributed by atoms with Crippen molar-refractivity contribution in [1.82, 2.24) is 0 Å². The predicted molar refractivity (Wildman–Crippen MR) is 174 cm³/mol. The van der Waals surface area contributed by atoms with Gasteiger partial charge in [-0.05, 0) is 73.4 Å². The van der Waals surface area contributed by atoms with Gasteiger partial charge in [0.05, 0.1) is 9.79 Å². The average Bonchev–Trinajstić information content (AvgIpc) is 2.77. The highest BCUT2D eigenvalue weighted by molar-refractivity contribution is 8.76. The van der Waals surface area contributed by atoms with E-state index >= 15 is 0 Å². The van der Waals surface area contributed by atoms with E-state index in [-0.39, 0.29) is 21.7 Å². The van der Waals surface area contributed by atoms with Gasteiger partial charge in [0.15, 0.2) is 0 Å². The van der Waals surface area contributed by atoms with E-state index < -0.39 is 0 Å². The lowest BCUT2D eigenvalue weighted by molar-refractivity contribution is 0.431. The molecular formula is C35H50O2S2. The molecule has 2 N–H and O–H groups in total. The van der Waals surface area contributed by atoms with Crippen LogP contribution in [0.25, 0.3) is 0 Å². The molecule has 0 aliphatic heterocycles. The molecular weight excluding hydrogens is 517 g/mol. The van der Waals surface area contributed by atoms with E-state index in [1.165, 1.54) is 38.3 Å². The summed E-state index contributed by atoms with van der Waals surface area (Å²) in [6.07, 6.45) is 0. The summed E-state index contributed by atoms with van der Waals surface area (Å²) < 4.78 is 0. The Hall–Kier alpha value is -2.04. The summed E-state index contributed by atoms with van der Waals surface area (Å²) in [7, 11) is 3.04. The standard InChI is InChI=1S/C28H42O2S2.C7H8/c1-25(2,3)17-13-19(27(7,8)9)23(29)21(15-17)31-32-22-16-18(26(4,5)6)14-20(24(22)30)28(10,11)12;1-7-5-3-2-4-6-7/h13-16,29-30H,1-12H3;2-6H,1H3. The molecule has 0 saturated heterocycles. The number of hydrogen-bond acceptors (Lipinski definition) is 4. The molecule has 0 bridgehead atoms. The highest BCUT2D eigenvalue weighted by Gasteiger charge is 2.28. The van der Waals surface area contributed by atoms with Gasteiger partial charge in [-0.2, -0.15) is 0 Å². The minimum Gasteiger partial charge on any atom is -0.506 e. The van der Waals surface area contributed by atoms with Crippen molar-refractivity contribution < 1.29 is 10.2 Å². The number of hydrogen-bond donors (Lipinski definition) is 2. The van der Waals surface area contributed by atoms with Gasteiger partial charge in [-0.3, -0.25) is 0 Å². The normalized spacial score (nSPS) is 12.6. The van der Waals surface area contributed by atoms with Crippen LogP contribution in [0.1, 0.15) is 111 Å². The van der Waals surface area contributed by atoms with E-state index in [0.29, 0.717) is 11.5 Å². The number of aromatic hydroxyl groups is 2. The van der Waals surface area contributed by atoms with Crippen LogP contribution in [-0.2, 0) is 21.7 Å². The highest BCUT2D eigenvalue weighted by Crippen LogP contribution is 2.51. The predicted octanol–water partition coefficient (Wildman–Crippen LogP) is 11.1. The van der Waals surface area contributed by atoms with Crippen LogP contribution in [0.15, 0.2) is 64.4 Å². The molecule has 0 aliphatic rings. The Kier molecular flexibility index (Phi) is 10.4. The quantitative estimate of drug-likeness (QED) is 0.309. The second-order valence-corrected chi connectivity index (χ2v) is 16.8. The Balaban J connectivity index is 0.000000658. The van der Waals surface area contributed by atoms with E-state index in [9.17, 15) is 10.2 Å². The Bertz CT molecular complexity index is 1170. The molecule has 2 nitrogen and oxygen atoms in total. The van der Waals surface area contributed by atoms with Gasteiger partial charge in [-0.25, -0.2) is 0 Å². The highest BCUT2D eigenvalue weighted by atomic mass is 33.1. The van der Waals surface area contributed by atoms with Gasteiger partial charge >= 0.3 is 0 Å². The second-order valence-electron chi connectivity index (χ2n) is 14.6. The topological polar surface area (TPSA) is 40.5 Å². The fourth-order valence-electron chi connectivity index (χ4n) is 3.98. The first kappa shape index (κ1) is 33.2. The van der Waals surface area contributed by atoms with Gasteiger partial charge in [0.2, 0.25) is 0 Å². The van der Waals surface area contributed by atoms with Gasteiger partial charge in [-0.1, -0.05) is 131 Å². The fourth-order valence-corrected chi connectivity index (χ4v) is 6.18. The third kappa shape index (κ3) is 9.25. The Labute approximate surface area is 246 Å². The van der Waals surface area contributed by atoms with Crippen LogP contribution in [0, 0.1) is 6.92 Å². The number of benzene rings is 3. The zero-order valence-electron chi connectivity index (χ0n) is 26.4. The Morgan fingerprint density at radius 2 is 0.821 bits per heavy atom. The first-order chi connectivity index (χ1) is 17.6. The molecule has 0 saturated carbocycles. The molecule has 3 aromatic rings. The van der Waals surface area contributed by atoms with Gasteiger partial charge in [0.1, 0.15) is 11.5 Å². The third-order valence-corrected chi connectivity index (χ3v) is 9.05. The average molecular weight is 567 g/mol. The summed E-state index contributed by atoms with van der Waals surface area (Å²) in [5, 5.41) is 22.3. The van der Waals surface area contributed by atoms with Crippen molar-refractivity contribution in [3.63, 3.8) is 0 Å². The molecule has 0 radical (unpaired) electrons. The third-order valence-electron chi connectivity index (χ3n) is 6.66. The van der Waals surface area contributed by atoms with Crippen LogP contribution in [-0.4, -0.2) is 10.2 Å². The van der Waals surface area contributed by atoms with Crippen molar-refractivity contribution in [2.45, 2.75) is 121 Å². The summed E-state index contributed by atoms with van der Waals surface area (Å²) in [5.74, 6) is 0.677. The first-order valence-corrected chi connectivity index (χ1v) is 15.9. The molecule has 0 spiro atoms. The van der Waals surface area contributed by atoms with Gasteiger partial charge in [-0.15, -0.1) is 0 Å². The maximum absolute atomic E-state index is 11.1. The van der Waals surface area contributed by atoms with Crippen LogP contribution in [0.3, 0.4) is 0 Å². The van der Waals surface area contributed by atoms with Gasteiger partial charge in [0, 0.05) is 11.1 Å². The van der Waals surface area contributed by atoms with E-state index in [2.05, 4.69) is 126 Å². The number of phenols is 2. The van der Waals surface area contributed by atoms with E-state index in [0.717, 1.165) is 20.9 Å². The number of rotatable bonds is 3. The van der Waals surface area contributed by atoms with Crippen molar-refractivity contribution in [3.05, 3.63) is 82.4 Å². The van der Waals surface area contributed by atoms with Crippen LogP contribution in [0.4, 0.5) is 0 Å². The van der Waals surface area contributed by atoms with Crippen molar-refractivity contribution >= 4 is 21.6 Å². The molecule has 214 valence electrons. The lowest BCUT2D eigenvalue weighted by atomic mass is 9.80. The molecule has 0 fully saturated rings. The molecule has 0 unspecified atom stereocenters. The summed E-state index contributed by atoms with van der Waals surface area (Å²) in [4.78, 5) is 1.68. The largest absolute Gasteiger partial charge is 0.506 e. The zero-order chi connectivity index (χ0) is 30.0. The molecule has 39 heavy (non-hydrogen) atoms. The Morgan fingerprint density at radius 3 is 1.05 bits per heavy atom. The molecule has 0 atom stereocenters. The lowest BCUT2D eigenvalue weighted by Gasteiger charge is -2.28. The van der Waals surface area contributed by atoms with Gasteiger partial charge in [0.25, 0.3) is 0 Å². The Morgan fingerprint density at radius 1 is 0.487 bits per heavy atom. The summed E-state index contributed by atoms with van der Waals surface area (Å²) in [6, 6.07) is 18.7. The van der Waals surface area contributed by atoms with E-state index in [1.54, 1.807) is 0 Å². The molecule has 0 aromatic heterocycles. The molecule has 3 aromatic carbocycles. The van der Waals surface area contributed by atoms with Crippen molar-refractivity contribution in [2.75, 3.05) is 0 Å². The summed E-state index contributed by atoms with van der Waals surface area (Å²) in [6.45, 7) is 28.0. The number of aryl methyl sites for hydroxylation is 1. The summed E-state index contributed by atoms with van der Waals surface area (Å²) in [5.41, 5.74) is 5.24. The molecule has 4 heteroatoms. The van der Waals surface area contributed by atoms with Crippen LogP contribution < -0.4 is 0 Å². The second kappa shape index (κ2) is 12.2. The smallest absolute Gasteiger partial charge is 0.133 e. The number of phenolic OH excluding ortho intramolecular Hbond substituents is 2. The van der Waals surface area contributed by atoms with Crippen molar-refractivity contribution in [2.24, 2.45) is 0 Å². The van der Waals surface area contributed by atoms with Gasteiger partial charge < -0.3 is 10.2 Å². The molecule has 0 amide bonds. The maximum atomic E-state index is 11.1. The molecule has 0 heterocycles. The van der Waals surface area contributed by atoms with Crippen LogP contribution in [0.5, 0.6) is 11.5 Å². The molecule has 0 aliphatic carbocycles. The zero-order valence-corrected chi connectivity index (χ0v) is 28.0. The minimum absolute atomic E-state index is 0.0264. The lowest BCUT2D eigenvalue weighted by Crippen LogP contribution is -2.17. The summed E-state index contributed by atoms with van der Waals surface area (Å²) >= 11 is 0. The van der Waals surface area contributed by atoms with Crippen LogP contribution >= 0.6 is 21.6 Å².